The summed E-state index contributed by atoms with van der Waals surface area (Å²) in [6.45, 7) is 8.32. The molecule has 0 radical (unpaired) electrons. The molecule has 2 aromatic rings. The number of carbonyl (C=O) groups is 1. The van der Waals surface area contributed by atoms with E-state index >= 15 is 0 Å². The molecule has 3 rings (SSSR count). The molecule has 1 saturated heterocycles. The maximum absolute atomic E-state index is 12.4. The predicted molar refractivity (Wildman–Crippen MR) is 117 cm³/mol. The Morgan fingerprint density at radius 2 is 1.72 bits per heavy atom. The second kappa shape index (κ2) is 9.21. The number of nitrogens with zero attached hydrogens (tertiary/aromatic N) is 1. The van der Waals surface area contributed by atoms with Crippen molar-refractivity contribution in [3.05, 3.63) is 54.1 Å². The van der Waals surface area contributed by atoms with Crippen molar-refractivity contribution in [1.29, 1.82) is 0 Å². The van der Waals surface area contributed by atoms with Crippen LogP contribution in [0.15, 0.2) is 48.5 Å². The fourth-order valence-electron chi connectivity index (χ4n) is 3.70. The minimum atomic E-state index is -0.0587. The molecular weight excluding hydrogens is 364 g/mol. The standard InChI is InChI=1S/C24H32N2O3/c1-24(2,3)21-7-5-6-8-22(21)29-17-23(27)25-18-13-15-26(16-14-18)19-9-11-20(28-4)12-10-19/h5-12,18H,13-17H2,1-4H3,(H,25,27). The maximum atomic E-state index is 12.4. The molecule has 156 valence electrons. The van der Waals surface area contributed by atoms with Gasteiger partial charge in [-0.25, -0.2) is 0 Å². The van der Waals surface area contributed by atoms with E-state index in [0.29, 0.717) is 0 Å². The van der Waals surface area contributed by atoms with E-state index in [1.165, 1.54) is 5.69 Å². The maximum Gasteiger partial charge on any atom is 0.258 e. The van der Waals surface area contributed by atoms with E-state index in [1.54, 1.807) is 7.11 Å². The molecule has 2 aromatic carbocycles. The lowest BCUT2D eigenvalue weighted by Crippen LogP contribution is -2.46. The fourth-order valence-corrected chi connectivity index (χ4v) is 3.70. The van der Waals surface area contributed by atoms with Gasteiger partial charge in [0.25, 0.3) is 5.91 Å². The Bertz CT molecular complexity index is 804. The number of hydrogen-bond acceptors (Lipinski definition) is 4. The van der Waals surface area contributed by atoms with Crippen molar-refractivity contribution in [2.24, 2.45) is 0 Å². The van der Waals surface area contributed by atoms with Gasteiger partial charge in [0.1, 0.15) is 11.5 Å². The summed E-state index contributed by atoms with van der Waals surface area (Å²) in [7, 11) is 1.68. The molecule has 0 saturated carbocycles. The number of methoxy groups -OCH3 is 1. The first-order valence-electron chi connectivity index (χ1n) is 10.3. The average molecular weight is 397 g/mol. The number of para-hydroxylation sites is 1. The fraction of sp³-hybridized carbons (Fsp3) is 0.458. The van der Waals surface area contributed by atoms with Gasteiger partial charge >= 0.3 is 0 Å². The van der Waals surface area contributed by atoms with Gasteiger partial charge < -0.3 is 19.7 Å². The van der Waals surface area contributed by atoms with Crippen LogP contribution in [0.2, 0.25) is 0 Å². The van der Waals surface area contributed by atoms with Crippen LogP contribution in [-0.2, 0) is 10.2 Å². The van der Waals surface area contributed by atoms with Crippen molar-refractivity contribution in [3.63, 3.8) is 0 Å². The molecule has 0 aromatic heterocycles. The molecule has 0 aliphatic carbocycles. The predicted octanol–water partition coefficient (Wildman–Crippen LogP) is 4.16. The van der Waals surface area contributed by atoms with Crippen LogP contribution in [0, 0.1) is 0 Å². The summed E-state index contributed by atoms with van der Waals surface area (Å²) in [5.74, 6) is 1.59. The zero-order chi connectivity index (χ0) is 20.9. The molecule has 1 fully saturated rings. The molecule has 1 aliphatic rings. The summed E-state index contributed by atoms with van der Waals surface area (Å²) in [6, 6.07) is 16.3. The van der Waals surface area contributed by atoms with Crippen LogP contribution in [0.25, 0.3) is 0 Å². The van der Waals surface area contributed by atoms with Gasteiger partial charge in [0.05, 0.1) is 7.11 Å². The molecule has 1 N–H and O–H groups in total. The summed E-state index contributed by atoms with van der Waals surface area (Å²) >= 11 is 0. The Morgan fingerprint density at radius 1 is 1.07 bits per heavy atom. The Labute approximate surface area is 174 Å². The molecule has 5 nitrogen and oxygen atoms in total. The van der Waals surface area contributed by atoms with Crippen LogP contribution in [-0.4, -0.2) is 38.8 Å². The monoisotopic (exact) mass is 396 g/mol. The topological polar surface area (TPSA) is 50.8 Å². The smallest absolute Gasteiger partial charge is 0.258 e. The molecule has 1 aliphatic heterocycles. The molecular formula is C24H32N2O3. The van der Waals surface area contributed by atoms with Crippen LogP contribution in [0.4, 0.5) is 5.69 Å². The Hall–Kier alpha value is -2.69. The van der Waals surface area contributed by atoms with Crippen molar-refractivity contribution in [2.45, 2.75) is 45.1 Å². The highest BCUT2D eigenvalue weighted by molar-refractivity contribution is 5.78. The second-order valence-electron chi connectivity index (χ2n) is 8.56. The van der Waals surface area contributed by atoms with E-state index in [0.717, 1.165) is 43.0 Å². The van der Waals surface area contributed by atoms with Gasteiger partial charge in [-0.2, -0.15) is 0 Å². The lowest BCUT2D eigenvalue weighted by molar-refractivity contribution is -0.123. The Morgan fingerprint density at radius 3 is 2.34 bits per heavy atom. The van der Waals surface area contributed by atoms with E-state index in [2.05, 4.69) is 49.2 Å². The van der Waals surface area contributed by atoms with Crippen LogP contribution in [0.5, 0.6) is 11.5 Å². The van der Waals surface area contributed by atoms with Crippen molar-refractivity contribution in [3.8, 4) is 11.5 Å². The second-order valence-corrected chi connectivity index (χ2v) is 8.56. The molecule has 1 amide bonds. The van der Waals surface area contributed by atoms with E-state index < -0.39 is 0 Å². The number of benzene rings is 2. The molecule has 5 heteroatoms. The third kappa shape index (κ3) is 5.66. The summed E-state index contributed by atoms with van der Waals surface area (Å²) in [6.07, 6.45) is 1.85. The number of rotatable bonds is 6. The molecule has 1 heterocycles. The third-order valence-electron chi connectivity index (χ3n) is 5.35. The number of carbonyl (C=O) groups excluding carboxylic acids is 1. The third-order valence-corrected chi connectivity index (χ3v) is 5.35. The molecule has 0 unspecified atom stereocenters. The number of amides is 1. The first-order valence-corrected chi connectivity index (χ1v) is 10.3. The highest BCUT2D eigenvalue weighted by atomic mass is 16.5. The van der Waals surface area contributed by atoms with Crippen LogP contribution >= 0.6 is 0 Å². The summed E-state index contributed by atoms with van der Waals surface area (Å²) in [5.41, 5.74) is 2.28. The summed E-state index contributed by atoms with van der Waals surface area (Å²) < 4.78 is 11.1. The van der Waals surface area contributed by atoms with Gasteiger partial charge in [0.2, 0.25) is 0 Å². The van der Waals surface area contributed by atoms with Gasteiger partial charge in [0.15, 0.2) is 6.61 Å². The quantitative estimate of drug-likeness (QED) is 0.797. The van der Waals surface area contributed by atoms with Gasteiger partial charge in [-0.15, -0.1) is 0 Å². The van der Waals surface area contributed by atoms with Crippen molar-refractivity contribution >= 4 is 11.6 Å². The average Bonchev–Trinajstić information content (AvgIpc) is 2.72. The van der Waals surface area contributed by atoms with Crippen molar-refractivity contribution < 1.29 is 14.3 Å². The first-order chi connectivity index (χ1) is 13.9. The van der Waals surface area contributed by atoms with Crippen molar-refractivity contribution in [2.75, 3.05) is 31.7 Å². The number of piperidine rings is 1. The number of nitrogens with one attached hydrogen (secondary N) is 1. The van der Waals surface area contributed by atoms with E-state index in [1.807, 2.05) is 30.3 Å². The SMILES string of the molecule is COc1ccc(N2CCC(NC(=O)COc3ccccc3C(C)(C)C)CC2)cc1. The van der Waals surface area contributed by atoms with E-state index in [9.17, 15) is 4.79 Å². The normalized spacial score (nSPS) is 15.1. The van der Waals surface area contributed by atoms with Gasteiger partial charge in [0, 0.05) is 24.8 Å². The summed E-state index contributed by atoms with van der Waals surface area (Å²) in [4.78, 5) is 14.7. The van der Waals surface area contributed by atoms with Gasteiger partial charge in [-0.05, 0) is 54.2 Å². The highest BCUT2D eigenvalue weighted by Crippen LogP contribution is 2.31. The first kappa shape index (κ1) is 21.0. The van der Waals surface area contributed by atoms with E-state index in [-0.39, 0.29) is 24.0 Å². The highest BCUT2D eigenvalue weighted by Gasteiger charge is 2.22. The van der Waals surface area contributed by atoms with Gasteiger partial charge in [-0.3, -0.25) is 4.79 Å². The summed E-state index contributed by atoms with van der Waals surface area (Å²) in [5, 5.41) is 3.13. The Kier molecular flexibility index (Phi) is 6.68. The molecule has 0 spiro atoms. The zero-order valence-electron chi connectivity index (χ0n) is 17.9. The lowest BCUT2D eigenvalue weighted by Gasteiger charge is -2.34. The number of anilines is 1. The van der Waals surface area contributed by atoms with Crippen LogP contribution in [0.3, 0.4) is 0 Å². The van der Waals surface area contributed by atoms with Crippen molar-refractivity contribution in [1.82, 2.24) is 5.32 Å². The minimum Gasteiger partial charge on any atom is -0.497 e. The van der Waals surface area contributed by atoms with Crippen LogP contribution < -0.4 is 19.7 Å². The molecule has 0 atom stereocenters. The minimum absolute atomic E-state index is 0.0264. The van der Waals surface area contributed by atoms with E-state index in [4.69, 9.17) is 9.47 Å². The van der Waals surface area contributed by atoms with Crippen LogP contribution in [0.1, 0.15) is 39.2 Å². The number of hydrogen-bond donors (Lipinski definition) is 1. The number of ether oxygens (including phenoxy) is 2. The molecule has 29 heavy (non-hydrogen) atoms. The lowest BCUT2D eigenvalue weighted by atomic mass is 9.86. The Balaban J connectivity index is 1.47. The van der Waals surface area contributed by atoms with Gasteiger partial charge in [-0.1, -0.05) is 39.0 Å². The molecule has 0 bridgehead atoms. The largest absolute Gasteiger partial charge is 0.497 e. The zero-order valence-corrected chi connectivity index (χ0v) is 17.9.